The van der Waals surface area contributed by atoms with E-state index in [9.17, 15) is 4.79 Å². The first kappa shape index (κ1) is 14.4. The summed E-state index contributed by atoms with van der Waals surface area (Å²) in [6.45, 7) is 2.21. The third-order valence-corrected chi connectivity index (χ3v) is 3.89. The monoisotopic (exact) mass is 298 g/mol. The Morgan fingerprint density at radius 3 is 2.64 bits per heavy atom. The molecule has 0 saturated heterocycles. The summed E-state index contributed by atoms with van der Waals surface area (Å²) in [5.74, 6) is 1.95. The Kier molecular flexibility index (Phi) is 3.75. The van der Waals surface area contributed by atoms with Crippen molar-refractivity contribution in [3.05, 3.63) is 41.5 Å². The van der Waals surface area contributed by atoms with Gasteiger partial charge in [-0.1, -0.05) is 18.2 Å². The van der Waals surface area contributed by atoms with Crippen molar-refractivity contribution < 1.29 is 19.0 Å². The zero-order valence-corrected chi connectivity index (χ0v) is 12.9. The normalized spacial score (nSPS) is 12.5. The third kappa shape index (κ3) is 2.30. The predicted molar refractivity (Wildman–Crippen MR) is 84.2 cm³/mol. The van der Waals surface area contributed by atoms with Crippen LogP contribution in [0.1, 0.15) is 22.8 Å². The first-order valence-electron chi connectivity index (χ1n) is 7.17. The zero-order valence-electron chi connectivity index (χ0n) is 12.9. The molecule has 0 fully saturated rings. The van der Waals surface area contributed by atoms with E-state index in [1.807, 2.05) is 18.2 Å². The molecule has 0 aromatic heterocycles. The van der Waals surface area contributed by atoms with Crippen molar-refractivity contribution in [1.82, 2.24) is 0 Å². The molecule has 0 aliphatic carbocycles. The number of fused-ring (bicyclic) bond motifs is 1. The van der Waals surface area contributed by atoms with Gasteiger partial charge in [-0.25, -0.2) is 0 Å². The van der Waals surface area contributed by atoms with E-state index in [0.717, 1.165) is 28.9 Å². The van der Waals surface area contributed by atoms with Crippen LogP contribution in [-0.2, 0) is 6.42 Å². The average molecular weight is 298 g/mol. The van der Waals surface area contributed by atoms with E-state index in [1.54, 1.807) is 20.3 Å². The van der Waals surface area contributed by atoms with Gasteiger partial charge >= 0.3 is 0 Å². The van der Waals surface area contributed by atoms with E-state index in [1.165, 1.54) is 6.92 Å². The highest BCUT2D eigenvalue weighted by molar-refractivity contribution is 6.04. The number of rotatable bonds is 4. The highest BCUT2D eigenvalue weighted by Gasteiger charge is 2.23. The topological polar surface area (TPSA) is 44.8 Å². The minimum Gasteiger partial charge on any atom is -0.497 e. The Morgan fingerprint density at radius 1 is 1.14 bits per heavy atom. The fraction of sp³-hybridized carbons (Fsp3) is 0.278. The molecule has 1 aliphatic heterocycles. The number of methoxy groups -OCH3 is 2. The lowest BCUT2D eigenvalue weighted by atomic mass is 9.94. The number of para-hydroxylation sites is 1. The van der Waals surface area contributed by atoms with E-state index < -0.39 is 0 Å². The van der Waals surface area contributed by atoms with Crippen molar-refractivity contribution in [3.8, 4) is 28.4 Å². The highest BCUT2D eigenvalue weighted by atomic mass is 16.5. The van der Waals surface area contributed by atoms with Gasteiger partial charge in [0.2, 0.25) is 0 Å². The minimum absolute atomic E-state index is 0.0508. The molecular formula is C18H18O4. The van der Waals surface area contributed by atoms with Crippen molar-refractivity contribution in [1.29, 1.82) is 0 Å². The summed E-state index contributed by atoms with van der Waals surface area (Å²) < 4.78 is 16.5. The van der Waals surface area contributed by atoms with Gasteiger partial charge < -0.3 is 14.2 Å². The van der Waals surface area contributed by atoms with Crippen molar-refractivity contribution in [3.63, 3.8) is 0 Å². The fourth-order valence-electron chi connectivity index (χ4n) is 2.87. The number of carbonyl (C=O) groups is 1. The maximum absolute atomic E-state index is 12.2. The van der Waals surface area contributed by atoms with Gasteiger partial charge in [0, 0.05) is 23.6 Å². The van der Waals surface area contributed by atoms with Crippen LogP contribution in [-0.4, -0.2) is 26.6 Å². The Balaban J connectivity index is 2.30. The van der Waals surface area contributed by atoms with Gasteiger partial charge in [0.25, 0.3) is 0 Å². The maximum Gasteiger partial charge on any atom is 0.164 e. The van der Waals surface area contributed by atoms with Crippen LogP contribution in [0, 0.1) is 0 Å². The molecule has 4 heteroatoms. The number of hydrogen-bond donors (Lipinski definition) is 0. The number of benzene rings is 2. The Morgan fingerprint density at radius 2 is 1.95 bits per heavy atom. The van der Waals surface area contributed by atoms with E-state index in [-0.39, 0.29) is 5.78 Å². The number of ketones is 1. The summed E-state index contributed by atoms with van der Waals surface area (Å²) in [4.78, 5) is 12.2. The van der Waals surface area contributed by atoms with Gasteiger partial charge in [-0.05, 0) is 18.6 Å². The SMILES string of the molecule is COc1cc(OC)c(C(C)=O)c(-c2cccc3c2OCC3)c1. The van der Waals surface area contributed by atoms with Crippen LogP contribution in [0.25, 0.3) is 11.1 Å². The molecule has 0 spiro atoms. The molecule has 0 unspecified atom stereocenters. The van der Waals surface area contributed by atoms with Gasteiger partial charge in [0.1, 0.15) is 17.2 Å². The fourth-order valence-corrected chi connectivity index (χ4v) is 2.87. The molecule has 1 heterocycles. The van der Waals surface area contributed by atoms with Crippen molar-refractivity contribution in [2.75, 3.05) is 20.8 Å². The summed E-state index contributed by atoms with van der Waals surface area (Å²) in [6.07, 6.45) is 0.889. The van der Waals surface area contributed by atoms with Crippen LogP contribution in [0.5, 0.6) is 17.2 Å². The lowest BCUT2D eigenvalue weighted by Gasteiger charge is -2.16. The molecule has 0 amide bonds. The Hall–Kier alpha value is -2.49. The first-order valence-corrected chi connectivity index (χ1v) is 7.17. The number of ether oxygens (including phenoxy) is 3. The van der Waals surface area contributed by atoms with Gasteiger partial charge in [-0.3, -0.25) is 4.79 Å². The van der Waals surface area contributed by atoms with Crippen molar-refractivity contribution >= 4 is 5.78 Å². The smallest absolute Gasteiger partial charge is 0.164 e. The van der Waals surface area contributed by atoms with Crippen LogP contribution in [0.2, 0.25) is 0 Å². The quantitative estimate of drug-likeness (QED) is 0.810. The number of Topliss-reactive ketones (excluding diaryl/α,β-unsaturated/α-hetero) is 1. The molecule has 0 radical (unpaired) electrons. The summed E-state index contributed by atoms with van der Waals surface area (Å²) in [7, 11) is 3.15. The zero-order chi connectivity index (χ0) is 15.7. The van der Waals surface area contributed by atoms with Crippen LogP contribution >= 0.6 is 0 Å². The molecular weight excluding hydrogens is 280 g/mol. The Labute approximate surface area is 129 Å². The molecule has 0 saturated carbocycles. The van der Waals surface area contributed by atoms with Gasteiger partial charge in [-0.2, -0.15) is 0 Å². The van der Waals surface area contributed by atoms with Crippen LogP contribution in [0.3, 0.4) is 0 Å². The molecule has 0 bridgehead atoms. The molecule has 0 N–H and O–H groups in total. The molecule has 4 nitrogen and oxygen atoms in total. The summed E-state index contributed by atoms with van der Waals surface area (Å²) >= 11 is 0. The van der Waals surface area contributed by atoms with E-state index >= 15 is 0 Å². The molecule has 3 rings (SSSR count). The van der Waals surface area contributed by atoms with Gasteiger partial charge in [-0.15, -0.1) is 0 Å². The second-order valence-corrected chi connectivity index (χ2v) is 5.20. The van der Waals surface area contributed by atoms with Crippen molar-refractivity contribution in [2.24, 2.45) is 0 Å². The summed E-state index contributed by atoms with van der Waals surface area (Å²) in [5.41, 5.74) is 3.39. The molecule has 0 atom stereocenters. The van der Waals surface area contributed by atoms with E-state index in [4.69, 9.17) is 14.2 Å². The largest absolute Gasteiger partial charge is 0.497 e. The average Bonchev–Trinajstić information content (AvgIpc) is 3.01. The summed E-state index contributed by atoms with van der Waals surface area (Å²) in [6, 6.07) is 9.58. The summed E-state index contributed by atoms with van der Waals surface area (Å²) in [5, 5.41) is 0. The van der Waals surface area contributed by atoms with Gasteiger partial charge in [0.05, 0.1) is 26.4 Å². The molecule has 1 aliphatic rings. The lowest BCUT2D eigenvalue weighted by Crippen LogP contribution is -2.02. The molecule has 2 aromatic rings. The third-order valence-electron chi connectivity index (χ3n) is 3.89. The second kappa shape index (κ2) is 5.72. The standard InChI is InChI=1S/C18H18O4/c1-11(19)17-15(9-13(20-2)10-16(17)21-3)14-6-4-5-12-7-8-22-18(12)14/h4-6,9-10H,7-8H2,1-3H3. The minimum atomic E-state index is -0.0508. The highest BCUT2D eigenvalue weighted by Crippen LogP contribution is 2.42. The molecule has 22 heavy (non-hydrogen) atoms. The molecule has 2 aromatic carbocycles. The van der Waals surface area contributed by atoms with Crippen LogP contribution in [0.4, 0.5) is 0 Å². The number of carbonyl (C=O) groups excluding carboxylic acids is 1. The van der Waals surface area contributed by atoms with Crippen LogP contribution < -0.4 is 14.2 Å². The van der Waals surface area contributed by atoms with Gasteiger partial charge in [0.15, 0.2) is 5.78 Å². The van der Waals surface area contributed by atoms with Crippen molar-refractivity contribution in [2.45, 2.75) is 13.3 Å². The van der Waals surface area contributed by atoms with E-state index in [2.05, 4.69) is 6.07 Å². The predicted octanol–water partition coefficient (Wildman–Crippen LogP) is 3.51. The van der Waals surface area contributed by atoms with E-state index in [0.29, 0.717) is 23.7 Å². The number of hydrogen-bond acceptors (Lipinski definition) is 4. The molecule has 114 valence electrons. The van der Waals surface area contributed by atoms with Crippen LogP contribution in [0.15, 0.2) is 30.3 Å². The Bertz CT molecular complexity index is 734. The first-order chi connectivity index (χ1) is 10.7. The maximum atomic E-state index is 12.2. The lowest BCUT2D eigenvalue weighted by molar-refractivity contribution is 0.101. The second-order valence-electron chi connectivity index (χ2n) is 5.20.